The van der Waals surface area contributed by atoms with Gasteiger partial charge in [-0.1, -0.05) is 18.2 Å². The van der Waals surface area contributed by atoms with Gasteiger partial charge in [0.15, 0.2) is 0 Å². The number of carboxylic acids is 1. The Morgan fingerprint density at radius 3 is 2.67 bits per heavy atom. The standard InChI is InChI=1S/C15H21NO5/c1-11(2)21-13-6-4-3-5-12(13)9-14(17)16-7-8-20-10-15(18)19/h3-6,11H,7-10H2,1-2H3,(H,16,17)(H,18,19). The van der Waals surface area contributed by atoms with Crippen molar-refractivity contribution in [1.29, 1.82) is 0 Å². The molecule has 0 aliphatic rings. The Labute approximate surface area is 124 Å². The molecule has 0 bridgehead atoms. The number of hydrogen-bond donors (Lipinski definition) is 2. The summed E-state index contributed by atoms with van der Waals surface area (Å²) in [7, 11) is 0. The molecule has 0 fully saturated rings. The molecule has 0 saturated heterocycles. The fraction of sp³-hybridized carbons (Fsp3) is 0.467. The third-order valence-electron chi connectivity index (χ3n) is 2.48. The van der Waals surface area contributed by atoms with Crippen LogP contribution in [0.15, 0.2) is 24.3 Å². The molecule has 1 aromatic carbocycles. The molecule has 116 valence electrons. The van der Waals surface area contributed by atoms with Crippen molar-refractivity contribution in [2.45, 2.75) is 26.4 Å². The Hall–Kier alpha value is -2.08. The van der Waals surface area contributed by atoms with Crippen LogP contribution >= 0.6 is 0 Å². The summed E-state index contributed by atoms with van der Waals surface area (Å²) in [4.78, 5) is 22.0. The minimum Gasteiger partial charge on any atom is -0.491 e. The molecular formula is C15H21NO5. The van der Waals surface area contributed by atoms with Crippen LogP contribution in [0.1, 0.15) is 19.4 Å². The number of rotatable bonds is 9. The summed E-state index contributed by atoms with van der Waals surface area (Å²) in [5, 5.41) is 11.1. The maximum Gasteiger partial charge on any atom is 0.329 e. The van der Waals surface area contributed by atoms with Crippen LogP contribution in [0.4, 0.5) is 0 Å². The van der Waals surface area contributed by atoms with E-state index in [2.05, 4.69) is 5.32 Å². The first-order valence-electron chi connectivity index (χ1n) is 6.80. The van der Waals surface area contributed by atoms with E-state index in [1.165, 1.54) is 0 Å². The summed E-state index contributed by atoms with van der Waals surface area (Å²) >= 11 is 0. The smallest absolute Gasteiger partial charge is 0.329 e. The highest BCUT2D eigenvalue weighted by Crippen LogP contribution is 2.19. The molecule has 0 radical (unpaired) electrons. The number of carbonyl (C=O) groups excluding carboxylic acids is 1. The second kappa shape index (κ2) is 8.97. The van der Waals surface area contributed by atoms with E-state index >= 15 is 0 Å². The third kappa shape index (κ3) is 7.31. The molecule has 1 amide bonds. The maximum absolute atomic E-state index is 11.8. The zero-order valence-corrected chi connectivity index (χ0v) is 12.3. The van der Waals surface area contributed by atoms with E-state index in [4.69, 9.17) is 14.6 Å². The fourth-order valence-corrected chi connectivity index (χ4v) is 1.68. The van der Waals surface area contributed by atoms with Gasteiger partial charge in [0.2, 0.25) is 5.91 Å². The average molecular weight is 295 g/mol. The minimum atomic E-state index is -1.03. The molecule has 0 aliphatic carbocycles. The van der Waals surface area contributed by atoms with Crippen molar-refractivity contribution in [3.05, 3.63) is 29.8 Å². The van der Waals surface area contributed by atoms with Crippen molar-refractivity contribution in [3.63, 3.8) is 0 Å². The normalized spacial score (nSPS) is 10.4. The largest absolute Gasteiger partial charge is 0.491 e. The first-order valence-corrected chi connectivity index (χ1v) is 6.80. The maximum atomic E-state index is 11.8. The topological polar surface area (TPSA) is 84.9 Å². The Kier molecular flexibility index (Phi) is 7.25. The SMILES string of the molecule is CC(C)Oc1ccccc1CC(=O)NCCOCC(=O)O. The van der Waals surface area contributed by atoms with Crippen LogP contribution in [0.2, 0.25) is 0 Å². The second-order valence-corrected chi connectivity index (χ2v) is 4.75. The Morgan fingerprint density at radius 1 is 1.29 bits per heavy atom. The summed E-state index contributed by atoms with van der Waals surface area (Å²) in [6, 6.07) is 7.39. The highest BCUT2D eigenvalue weighted by Gasteiger charge is 2.09. The zero-order chi connectivity index (χ0) is 15.7. The van der Waals surface area contributed by atoms with Crippen molar-refractivity contribution < 1.29 is 24.2 Å². The van der Waals surface area contributed by atoms with Gasteiger partial charge in [0.25, 0.3) is 0 Å². The Balaban J connectivity index is 2.39. The molecule has 2 N–H and O–H groups in total. The van der Waals surface area contributed by atoms with Crippen molar-refractivity contribution in [1.82, 2.24) is 5.32 Å². The monoisotopic (exact) mass is 295 g/mol. The van der Waals surface area contributed by atoms with Crippen LogP contribution in [0.5, 0.6) is 5.75 Å². The summed E-state index contributed by atoms with van der Waals surface area (Å²) in [6.07, 6.45) is 0.251. The molecule has 0 heterocycles. The average Bonchev–Trinajstić information content (AvgIpc) is 2.39. The van der Waals surface area contributed by atoms with E-state index in [0.717, 1.165) is 5.56 Å². The van der Waals surface area contributed by atoms with Gasteiger partial charge in [0, 0.05) is 12.1 Å². The number of amides is 1. The number of hydrogen-bond acceptors (Lipinski definition) is 4. The van der Waals surface area contributed by atoms with Crippen LogP contribution in [0.25, 0.3) is 0 Å². The summed E-state index contributed by atoms with van der Waals surface area (Å²) in [6.45, 7) is 3.94. The minimum absolute atomic E-state index is 0.0404. The molecule has 0 aromatic heterocycles. The first-order chi connectivity index (χ1) is 9.99. The molecule has 1 rings (SSSR count). The van der Waals surface area contributed by atoms with Crippen LogP contribution in [-0.2, 0) is 20.7 Å². The van der Waals surface area contributed by atoms with Crippen molar-refractivity contribution in [2.75, 3.05) is 19.8 Å². The lowest BCUT2D eigenvalue weighted by Crippen LogP contribution is -2.29. The molecule has 21 heavy (non-hydrogen) atoms. The van der Waals surface area contributed by atoms with Crippen LogP contribution in [0, 0.1) is 0 Å². The van der Waals surface area contributed by atoms with Gasteiger partial charge in [-0.2, -0.15) is 0 Å². The molecule has 6 nitrogen and oxygen atoms in total. The predicted molar refractivity (Wildman–Crippen MR) is 77.4 cm³/mol. The van der Waals surface area contributed by atoms with Gasteiger partial charge >= 0.3 is 5.97 Å². The molecule has 0 atom stereocenters. The number of nitrogens with one attached hydrogen (secondary N) is 1. The lowest BCUT2D eigenvalue weighted by Gasteiger charge is -2.14. The molecule has 0 unspecified atom stereocenters. The van der Waals surface area contributed by atoms with Gasteiger partial charge in [-0.15, -0.1) is 0 Å². The second-order valence-electron chi connectivity index (χ2n) is 4.75. The lowest BCUT2D eigenvalue weighted by molar-refractivity contribution is -0.142. The van der Waals surface area contributed by atoms with Gasteiger partial charge in [0.1, 0.15) is 12.4 Å². The molecule has 0 spiro atoms. The first kappa shape index (κ1) is 17.0. The third-order valence-corrected chi connectivity index (χ3v) is 2.48. The number of carbonyl (C=O) groups is 2. The number of aliphatic carboxylic acids is 1. The van der Waals surface area contributed by atoms with Gasteiger partial charge < -0.3 is 19.9 Å². The fourth-order valence-electron chi connectivity index (χ4n) is 1.68. The summed E-state index contributed by atoms with van der Waals surface area (Å²) in [5.41, 5.74) is 0.815. The molecule has 0 aliphatic heterocycles. The van der Waals surface area contributed by atoms with Gasteiger partial charge in [-0.3, -0.25) is 4.79 Å². The van der Waals surface area contributed by atoms with Crippen LogP contribution in [0.3, 0.4) is 0 Å². The van der Waals surface area contributed by atoms with Crippen molar-refractivity contribution >= 4 is 11.9 Å². The van der Waals surface area contributed by atoms with E-state index < -0.39 is 5.97 Å². The lowest BCUT2D eigenvalue weighted by atomic mass is 10.1. The van der Waals surface area contributed by atoms with Crippen LogP contribution < -0.4 is 10.1 Å². The van der Waals surface area contributed by atoms with Crippen molar-refractivity contribution in [2.24, 2.45) is 0 Å². The summed E-state index contributed by atoms with van der Waals surface area (Å²) < 4.78 is 10.5. The van der Waals surface area contributed by atoms with E-state index in [1.54, 1.807) is 0 Å². The number of para-hydroxylation sites is 1. The quantitative estimate of drug-likeness (QED) is 0.669. The van der Waals surface area contributed by atoms with Gasteiger partial charge in [-0.05, 0) is 19.9 Å². The van der Waals surface area contributed by atoms with E-state index in [-0.39, 0.29) is 38.2 Å². The van der Waals surface area contributed by atoms with Gasteiger partial charge in [0.05, 0.1) is 19.1 Å². The number of benzene rings is 1. The van der Waals surface area contributed by atoms with E-state index in [1.807, 2.05) is 38.1 Å². The van der Waals surface area contributed by atoms with Crippen LogP contribution in [-0.4, -0.2) is 42.8 Å². The number of ether oxygens (including phenoxy) is 2. The van der Waals surface area contributed by atoms with E-state index in [9.17, 15) is 9.59 Å². The highest BCUT2D eigenvalue weighted by atomic mass is 16.5. The van der Waals surface area contributed by atoms with Crippen molar-refractivity contribution in [3.8, 4) is 5.75 Å². The molecule has 6 heteroatoms. The number of carboxylic acid groups (broad SMARTS) is 1. The predicted octanol–water partition coefficient (Wildman–Crippen LogP) is 1.23. The Bertz CT molecular complexity index is 473. The van der Waals surface area contributed by atoms with E-state index in [0.29, 0.717) is 5.75 Å². The zero-order valence-electron chi connectivity index (χ0n) is 12.3. The molecular weight excluding hydrogens is 274 g/mol. The summed E-state index contributed by atoms with van der Waals surface area (Å²) in [5.74, 6) is -0.486. The molecule has 1 aromatic rings. The molecule has 0 saturated carbocycles. The highest BCUT2D eigenvalue weighted by molar-refractivity contribution is 5.79. The van der Waals surface area contributed by atoms with Gasteiger partial charge in [-0.25, -0.2) is 4.79 Å². The Morgan fingerprint density at radius 2 is 2.00 bits per heavy atom.